The van der Waals surface area contributed by atoms with E-state index in [0.29, 0.717) is 18.8 Å². The van der Waals surface area contributed by atoms with Crippen molar-refractivity contribution in [1.82, 2.24) is 9.88 Å². The van der Waals surface area contributed by atoms with Crippen LogP contribution in [0.5, 0.6) is 5.88 Å². The highest BCUT2D eigenvalue weighted by Crippen LogP contribution is 2.48. The fourth-order valence-electron chi connectivity index (χ4n) is 5.50. The van der Waals surface area contributed by atoms with Gasteiger partial charge in [0.05, 0.1) is 18.8 Å². The Morgan fingerprint density at radius 1 is 0.923 bits per heavy atom. The van der Waals surface area contributed by atoms with Gasteiger partial charge in [0.1, 0.15) is 5.60 Å². The highest BCUT2D eigenvalue weighted by molar-refractivity contribution is 5.90. The molecule has 0 bridgehead atoms. The molecular formula is C33H33N3O3. The number of aliphatic hydroxyl groups is 1. The van der Waals surface area contributed by atoms with Gasteiger partial charge in [-0.1, -0.05) is 84.0 Å². The van der Waals surface area contributed by atoms with Crippen LogP contribution in [0.2, 0.25) is 0 Å². The fourth-order valence-corrected chi connectivity index (χ4v) is 5.50. The Balaban J connectivity index is 1.83. The molecule has 0 spiro atoms. The predicted octanol–water partition coefficient (Wildman–Crippen LogP) is 6.18. The summed E-state index contributed by atoms with van der Waals surface area (Å²) in [5.74, 6) is -0.0325. The van der Waals surface area contributed by atoms with Gasteiger partial charge >= 0.3 is 0 Å². The minimum absolute atomic E-state index is 0.462. The molecule has 198 valence electrons. The lowest BCUT2D eigenvalue weighted by molar-refractivity contribution is 0.00520. The number of methoxy groups -OCH3 is 1. The lowest BCUT2D eigenvalue weighted by atomic mass is 9.70. The van der Waals surface area contributed by atoms with Crippen molar-refractivity contribution in [3.63, 3.8) is 0 Å². The average Bonchev–Trinajstić information content (AvgIpc) is 2.96. The van der Waals surface area contributed by atoms with E-state index in [1.165, 1.54) is 6.21 Å². The standard InChI is InChI=1S/C33H33N3O3/c1-36(2)19-18-33(37,29-15-9-13-24-10-7-8-14-27(24)29)31(25-11-5-4-6-12-25)28-21-26-20-23(22-34-38)16-17-30(26)35-32(28)39-3/h4-17,20-22,31,37-38H,18-19H2,1-3H3/t31-,33+/m1/s1. The molecule has 0 aliphatic carbocycles. The van der Waals surface area contributed by atoms with Crippen molar-refractivity contribution in [2.24, 2.45) is 5.16 Å². The van der Waals surface area contributed by atoms with Crippen molar-refractivity contribution in [2.45, 2.75) is 17.9 Å². The lowest BCUT2D eigenvalue weighted by Crippen LogP contribution is -2.38. The average molecular weight is 520 g/mol. The topological polar surface area (TPSA) is 78.2 Å². The van der Waals surface area contributed by atoms with Gasteiger partial charge in [-0.05, 0) is 66.2 Å². The predicted molar refractivity (Wildman–Crippen MR) is 157 cm³/mol. The minimum Gasteiger partial charge on any atom is -0.481 e. The highest BCUT2D eigenvalue weighted by Gasteiger charge is 2.43. The normalized spacial score (nSPS) is 14.2. The smallest absolute Gasteiger partial charge is 0.217 e. The zero-order valence-corrected chi connectivity index (χ0v) is 22.5. The molecule has 1 aromatic heterocycles. The number of aromatic nitrogens is 1. The summed E-state index contributed by atoms with van der Waals surface area (Å²) >= 11 is 0. The second-order valence-corrected chi connectivity index (χ2v) is 10.1. The molecular weight excluding hydrogens is 486 g/mol. The minimum atomic E-state index is -1.31. The fraction of sp³-hybridized carbons (Fsp3) is 0.212. The SMILES string of the molecule is COc1nc2ccc(C=NO)cc2cc1[C@@H](c1ccccc1)[C@](O)(CCN(C)C)c1cccc2ccccc12. The van der Waals surface area contributed by atoms with Crippen LogP contribution in [-0.2, 0) is 5.60 Å². The number of benzene rings is 4. The quantitative estimate of drug-likeness (QED) is 0.138. The van der Waals surface area contributed by atoms with Crippen LogP contribution in [0.15, 0.2) is 102 Å². The molecule has 5 rings (SSSR count). The molecule has 5 aromatic rings. The van der Waals surface area contributed by atoms with Crippen molar-refractivity contribution in [2.75, 3.05) is 27.7 Å². The van der Waals surface area contributed by atoms with Gasteiger partial charge < -0.3 is 20.0 Å². The van der Waals surface area contributed by atoms with E-state index in [0.717, 1.165) is 43.9 Å². The molecule has 0 amide bonds. The number of pyridine rings is 1. The molecule has 6 nitrogen and oxygen atoms in total. The molecule has 2 N–H and O–H groups in total. The molecule has 0 aliphatic heterocycles. The zero-order valence-electron chi connectivity index (χ0n) is 22.5. The van der Waals surface area contributed by atoms with E-state index in [1.54, 1.807) is 7.11 Å². The third-order valence-corrected chi connectivity index (χ3v) is 7.35. The third-order valence-electron chi connectivity index (χ3n) is 7.35. The molecule has 0 unspecified atom stereocenters. The van der Waals surface area contributed by atoms with Gasteiger partial charge in [0.2, 0.25) is 5.88 Å². The van der Waals surface area contributed by atoms with Gasteiger partial charge in [0.25, 0.3) is 0 Å². The number of oxime groups is 1. The van der Waals surface area contributed by atoms with Crippen molar-refractivity contribution in [3.8, 4) is 5.88 Å². The van der Waals surface area contributed by atoms with E-state index >= 15 is 0 Å². The Morgan fingerprint density at radius 2 is 1.67 bits per heavy atom. The molecule has 0 fully saturated rings. The molecule has 0 radical (unpaired) electrons. The van der Waals surface area contributed by atoms with Gasteiger partial charge in [0.15, 0.2) is 0 Å². The van der Waals surface area contributed by atoms with Crippen LogP contribution >= 0.6 is 0 Å². The Hall–Kier alpha value is -4.26. The van der Waals surface area contributed by atoms with Crippen LogP contribution in [0.1, 0.15) is 34.6 Å². The first-order valence-corrected chi connectivity index (χ1v) is 13.0. The molecule has 0 aliphatic rings. The Labute approximate surface area is 228 Å². The van der Waals surface area contributed by atoms with Crippen molar-refractivity contribution < 1.29 is 15.1 Å². The first kappa shape index (κ1) is 26.4. The maximum Gasteiger partial charge on any atom is 0.217 e. The van der Waals surface area contributed by atoms with Crippen molar-refractivity contribution >= 4 is 27.9 Å². The number of rotatable bonds is 9. The molecule has 0 saturated heterocycles. The van der Waals surface area contributed by atoms with E-state index in [9.17, 15) is 5.11 Å². The molecule has 2 atom stereocenters. The molecule has 0 saturated carbocycles. The van der Waals surface area contributed by atoms with E-state index in [4.69, 9.17) is 14.9 Å². The Bertz CT molecular complexity index is 1610. The largest absolute Gasteiger partial charge is 0.481 e. The van der Waals surface area contributed by atoms with Crippen LogP contribution in [0.3, 0.4) is 0 Å². The van der Waals surface area contributed by atoms with Crippen LogP contribution in [0, 0.1) is 0 Å². The number of hydrogen-bond acceptors (Lipinski definition) is 6. The van der Waals surface area contributed by atoms with Crippen LogP contribution in [-0.4, -0.2) is 54.2 Å². The second kappa shape index (κ2) is 11.2. The molecule has 1 heterocycles. The van der Waals surface area contributed by atoms with Gasteiger partial charge in [-0.25, -0.2) is 4.98 Å². The van der Waals surface area contributed by atoms with Gasteiger partial charge in [-0.3, -0.25) is 0 Å². The molecule has 4 aromatic carbocycles. The van der Waals surface area contributed by atoms with E-state index in [2.05, 4.69) is 40.4 Å². The number of nitrogens with zero attached hydrogens (tertiary/aromatic N) is 3. The summed E-state index contributed by atoms with van der Waals surface area (Å²) in [4.78, 5) is 6.95. The molecule has 39 heavy (non-hydrogen) atoms. The summed E-state index contributed by atoms with van der Waals surface area (Å²) in [6.45, 7) is 0.670. The summed E-state index contributed by atoms with van der Waals surface area (Å²) in [5, 5.41) is 28.3. The van der Waals surface area contributed by atoms with Crippen molar-refractivity contribution in [3.05, 3.63) is 119 Å². The maximum atomic E-state index is 13.1. The second-order valence-electron chi connectivity index (χ2n) is 10.1. The number of ether oxygens (including phenoxy) is 1. The van der Waals surface area contributed by atoms with Crippen LogP contribution in [0.25, 0.3) is 21.7 Å². The van der Waals surface area contributed by atoms with E-state index in [-0.39, 0.29) is 0 Å². The third kappa shape index (κ3) is 5.21. The molecule has 6 heteroatoms. The van der Waals surface area contributed by atoms with Gasteiger partial charge in [0, 0.05) is 23.4 Å². The Kier molecular flexibility index (Phi) is 7.59. The Morgan fingerprint density at radius 3 is 2.41 bits per heavy atom. The van der Waals surface area contributed by atoms with Gasteiger partial charge in [-0.2, -0.15) is 0 Å². The maximum absolute atomic E-state index is 13.1. The van der Waals surface area contributed by atoms with E-state index < -0.39 is 11.5 Å². The first-order valence-electron chi connectivity index (χ1n) is 13.0. The summed E-state index contributed by atoms with van der Waals surface area (Å²) in [6, 6.07) is 32.0. The van der Waals surface area contributed by atoms with Gasteiger partial charge in [-0.15, -0.1) is 0 Å². The van der Waals surface area contributed by atoms with E-state index in [1.807, 2.05) is 80.8 Å². The first-order chi connectivity index (χ1) is 18.9. The summed E-state index contributed by atoms with van der Waals surface area (Å²) < 4.78 is 5.88. The number of fused-ring (bicyclic) bond motifs is 2. The summed E-state index contributed by atoms with van der Waals surface area (Å²) in [5.41, 5.74) is 2.79. The highest BCUT2D eigenvalue weighted by atomic mass is 16.5. The van der Waals surface area contributed by atoms with Crippen LogP contribution in [0.4, 0.5) is 0 Å². The zero-order chi connectivity index (χ0) is 27.4. The number of hydrogen-bond donors (Lipinski definition) is 2. The lowest BCUT2D eigenvalue weighted by Gasteiger charge is -2.39. The summed E-state index contributed by atoms with van der Waals surface area (Å²) in [6.07, 6.45) is 1.87. The van der Waals surface area contributed by atoms with Crippen molar-refractivity contribution in [1.29, 1.82) is 0 Å². The van der Waals surface area contributed by atoms with Crippen LogP contribution < -0.4 is 4.74 Å². The summed E-state index contributed by atoms with van der Waals surface area (Å²) in [7, 11) is 5.65. The monoisotopic (exact) mass is 519 g/mol.